The number of hydrogen-bond acceptors (Lipinski definition) is 4. The molecule has 80 valence electrons. The number of amides is 1. The molecule has 2 heterocycles. The van der Waals surface area contributed by atoms with Crippen LogP contribution in [0.5, 0.6) is 0 Å². The van der Waals surface area contributed by atoms with Crippen LogP contribution in [-0.2, 0) is 19.6 Å². The molecule has 0 fully saturated rings. The third-order valence-corrected chi connectivity index (χ3v) is 2.42. The molecule has 6 nitrogen and oxygen atoms in total. The molecule has 0 unspecified atom stereocenters. The maximum absolute atomic E-state index is 10.8. The molecule has 0 aromatic carbocycles. The van der Waals surface area contributed by atoms with E-state index in [0.717, 1.165) is 11.3 Å². The van der Waals surface area contributed by atoms with Crippen molar-refractivity contribution in [3.05, 3.63) is 23.0 Å². The molecule has 15 heavy (non-hydrogen) atoms. The summed E-state index contributed by atoms with van der Waals surface area (Å²) >= 11 is 0. The van der Waals surface area contributed by atoms with Gasteiger partial charge >= 0.3 is 6.09 Å². The fraction of sp³-hybridized carbons (Fsp3) is 0.444. The van der Waals surface area contributed by atoms with Gasteiger partial charge in [-0.2, -0.15) is 10.2 Å². The molecule has 1 aliphatic heterocycles. The van der Waals surface area contributed by atoms with E-state index in [9.17, 15) is 4.79 Å². The van der Waals surface area contributed by atoms with Crippen molar-refractivity contribution in [2.75, 3.05) is 6.54 Å². The van der Waals surface area contributed by atoms with Crippen LogP contribution in [0.4, 0.5) is 4.79 Å². The van der Waals surface area contributed by atoms with Crippen molar-refractivity contribution in [3.63, 3.8) is 0 Å². The first kappa shape index (κ1) is 9.85. The van der Waals surface area contributed by atoms with Crippen LogP contribution in [0.1, 0.15) is 17.0 Å². The molecule has 1 aromatic heterocycles. The van der Waals surface area contributed by atoms with Crippen molar-refractivity contribution >= 4 is 6.09 Å². The van der Waals surface area contributed by atoms with Gasteiger partial charge in [-0.25, -0.2) is 4.79 Å². The predicted molar refractivity (Wildman–Crippen MR) is 50.1 cm³/mol. The van der Waals surface area contributed by atoms with Gasteiger partial charge < -0.3 is 15.1 Å². The van der Waals surface area contributed by atoms with Crippen molar-refractivity contribution in [2.24, 2.45) is 0 Å². The van der Waals surface area contributed by atoms with Gasteiger partial charge in [0, 0.05) is 13.0 Å². The van der Waals surface area contributed by atoms with E-state index in [2.05, 4.69) is 10.2 Å². The standard InChI is InChI=1S/C9H11N3O3/c13-5-7-3-6-4-12(9(14)15)2-1-8(6)11-10-7/h3,13H,1-2,4-5H2,(H,14,15). The smallest absolute Gasteiger partial charge is 0.407 e. The highest BCUT2D eigenvalue weighted by Crippen LogP contribution is 2.16. The van der Waals surface area contributed by atoms with Crippen molar-refractivity contribution in [3.8, 4) is 0 Å². The lowest BCUT2D eigenvalue weighted by molar-refractivity contribution is 0.139. The maximum Gasteiger partial charge on any atom is 0.407 e. The van der Waals surface area contributed by atoms with E-state index in [1.807, 2.05) is 0 Å². The number of carbonyl (C=O) groups is 1. The van der Waals surface area contributed by atoms with Gasteiger partial charge in [0.2, 0.25) is 0 Å². The molecular formula is C9H11N3O3. The average molecular weight is 209 g/mol. The Morgan fingerprint density at radius 1 is 1.53 bits per heavy atom. The summed E-state index contributed by atoms with van der Waals surface area (Å²) < 4.78 is 0. The zero-order valence-electron chi connectivity index (χ0n) is 8.05. The van der Waals surface area contributed by atoms with Crippen molar-refractivity contribution in [1.82, 2.24) is 15.1 Å². The Hall–Kier alpha value is -1.69. The normalized spacial score (nSPS) is 14.9. The number of aliphatic hydroxyl groups is 1. The number of aromatic nitrogens is 2. The summed E-state index contributed by atoms with van der Waals surface area (Å²) in [6.07, 6.45) is -0.344. The highest BCUT2D eigenvalue weighted by molar-refractivity contribution is 5.65. The van der Waals surface area contributed by atoms with Crippen LogP contribution in [0.25, 0.3) is 0 Å². The topological polar surface area (TPSA) is 86.5 Å². The van der Waals surface area contributed by atoms with Crippen LogP contribution in [0, 0.1) is 0 Å². The molecule has 1 aliphatic rings. The first-order valence-electron chi connectivity index (χ1n) is 4.64. The molecule has 0 saturated heterocycles. The van der Waals surface area contributed by atoms with Crippen LogP contribution in [0.15, 0.2) is 6.07 Å². The maximum atomic E-state index is 10.8. The molecule has 0 atom stereocenters. The van der Waals surface area contributed by atoms with Gasteiger partial charge in [-0.15, -0.1) is 0 Å². The monoisotopic (exact) mass is 209 g/mol. The number of rotatable bonds is 1. The number of carboxylic acid groups (broad SMARTS) is 1. The lowest BCUT2D eigenvalue weighted by Gasteiger charge is -2.25. The number of aliphatic hydroxyl groups excluding tert-OH is 1. The number of fused-ring (bicyclic) bond motifs is 1. The minimum absolute atomic E-state index is 0.173. The molecule has 0 bridgehead atoms. The van der Waals surface area contributed by atoms with Crippen LogP contribution < -0.4 is 0 Å². The molecule has 0 saturated carbocycles. The van der Waals surface area contributed by atoms with E-state index in [-0.39, 0.29) is 6.61 Å². The van der Waals surface area contributed by atoms with E-state index in [1.54, 1.807) is 6.07 Å². The van der Waals surface area contributed by atoms with Crippen LogP contribution in [0.3, 0.4) is 0 Å². The second-order valence-corrected chi connectivity index (χ2v) is 3.42. The van der Waals surface area contributed by atoms with Crippen LogP contribution >= 0.6 is 0 Å². The summed E-state index contributed by atoms with van der Waals surface area (Å²) in [4.78, 5) is 12.1. The van der Waals surface area contributed by atoms with Gasteiger partial charge in [-0.1, -0.05) is 0 Å². The molecule has 0 radical (unpaired) electrons. The van der Waals surface area contributed by atoms with Gasteiger partial charge in [0.25, 0.3) is 0 Å². The fourth-order valence-corrected chi connectivity index (χ4v) is 1.62. The van der Waals surface area contributed by atoms with Gasteiger partial charge in [-0.3, -0.25) is 0 Å². The predicted octanol–water partition coefficient (Wildman–Crippen LogP) is 0.00500. The SMILES string of the molecule is O=C(O)N1CCc2nnc(CO)cc2C1. The summed E-state index contributed by atoms with van der Waals surface area (Å²) in [5, 5.41) is 25.5. The van der Waals surface area contributed by atoms with E-state index < -0.39 is 6.09 Å². The van der Waals surface area contributed by atoms with E-state index >= 15 is 0 Å². The molecule has 6 heteroatoms. The summed E-state index contributed by atoms with van der Waals surface area (Å²) in [5.41, 5.74) is 2.13. The third-order valence-electron chi connectivity index (χ3n) is 2.42. The number of hydrogen-bond donors (Lipinski definition) is 2. The van der Waals surface area contributed by atoms with Gasteiger partial charge in [0.1, 0.15) is 0 Å². The Labute approximate surface area is 86.2 Å². The minimum atomic E-state index is -0.928. The highest BCUT2D eigenvalue weighted by atomic mass is 16.4. The molecular weight excluding hydrogens is 198 g/mol. The fourth-order valence-electron chi connectivity index (χ4n) is 1.62. The Morgan fingerprint density at radius 3 is 3.00 bits per heavy atom. The molecule has 2 rings (SSSR count). The molecule has 0 spiro atoms. The van der Waals surface area contributed by atoms with Crippen molar-refractivity contribution < 1.29 is 15.0 Å². The second kappa shape index (κ2) is 3.82. The highest BCUT2D eigenvalue weighted by Gasteiger charge is 2.21. The third kappa shape index (κ3) is 1.89. The van der Waals surface area contributed by atoms with E-state index in [0.29, 0.717) is 25.2 Å². The zero-order valence-corrected chi connectivity index (χ0v) is 8.05. The van der Waals surface area contributed by atoms with Gasteiger partial charge in [0.05, 0.1) is 24.5 Å². The molecule has 2 N–H and O–H groups in total. The van der Waals surface area contributed by atoms with E-state index in [4.69, 9.17) is 10.2 Å². The quantitative estimate of drug-likeness (QED) is 0.680. The summed E-state index contributed by atoms with van der Waals surface area (Å²) in [5.74, 6) is 0. The molecule has 0 aliphatic carbocycles. The lowest BCUT2D eigenvalue weighted by atomic mass is 10.1. The molecule has 1 aromatic rings. The Balaban J connectivity index is 2.27. The Kier molecular flexibility index (Phi) is 2.51. The first-order valence-corrected chi connectivity index (χ1v) is 4.64. The van der Waals surface area contributed by atoms with Crippen LogP contribution in [0.2, 0.25) is 0 Å². The Morgan fingerprint density at radius 2 is 2.33 bits per heavy atom. The summed E-state index contributed by atoms with van der Waals surface area (Å²) in [6.45, 7) is 0.607. The van der Waals surface area contributed by atoms with Gasteiger partial charge in [-0.05, 0) is 11.6 Å². The summed E-state index contributed by atoms with van der Waals surface area (Å²) in [7, 11) is 0. The lowest BCUT2D eigenvalue weighted by Crippen LogP contribution is -2.35. The first-order chi connectivity index (χ1) is 7.20. The van der Waals surface area contributed by atoms with E-state index in [1.165, 1.54) is 4.90 Å². The number of nitrogens with zero attached hydrogens (tertiary/aromatic N) is 3. The Bertz CT molecular complexity index is 394. The minimum Gasteiger partial charge on any atom is -0.465 e. The largest absolute Gasteiger partial charge is 0.465 e. The second-order valence-electron chi connectivity index (χ2n) is 3.42. The van der Waals surface area contributed by atoms with Gasteiger partial charge in [0.15, 0.2) is 0 Å². The van der Waals surface area contributed by atoms with Crippen molar-refractivity contribution in [1.29, 1.82) is 0 Å². The molecule has 1 amide bonds. The summed E-state index contributed by atoms with van der Waals surface area (Å²) in [6, 6.07) is 1.71. The average Bonchev–Trinajstić information content (AvgIpc) is 2.27. The van der Waals surface area contributed by atoms with Crippen molar-refractivity contribution in [2.45, 2.75) is 19.6 Å². The zero-order chi connectivity index (χ0) is 10.8. The van der Waals surface area contributed by atoms with Crippen LogP contribution in [-0.4, -0.2) is 37.9 Å².